The van der Waals surface area contributed by atoms with Gasteiger partial charge >= 0.3 is 5.97 Å². The number of rotatable bonds is 4. The zero-order valence-electron chi connectivity index (χ0n) is 11.4. The molecule has 0 radical (unpaired) electrons. The minimum Gasteiger partial charge on any atom is -0.495 e. The Morgan fingerprint density at radius 3 is 2.39 bits per heavy atom. The van der Waals surface area contributed by atoms with Gasteiger partial charge in [0.15, 0.2) is 0 Å². The highest BCUT2D eigenvalue weighted by Crippen LogP contribution is 2.42. The standard InChI is InChI=1S/C14H19ClO3/c1-8-6-9(2)12(15)13(18-5)11(8)14(3,4)7-10(16)17/h6H,7H2,1-5H3,(H,16,17). The molecule has 18 heavy (non-hydrogen) atoms. The van der Waals surface area contributed by atoms with Gasteiger partial charge in [0.05, 0.1) is 18.6 Å². The summed E-state index contributed by atoms with van der Waals surface area (Å²) < 4.78 is 5.38. The van der Waals surface area contributed by atoms with E-state index in [9.17, 15) is 4.79 Å². The van der Waals surface area contributed by atoms with Gasteiger partial charge in [-0.05, 0) is 25.0 Å². The van der Waals surface area contributed by atoms with Crippen LogP contribution in [0, 0.1) is 13.8 Å². The van der Waals surface area contributed by atoms with Crippen LogP contribution < -0.4 is 4.74 Å². The van der Waals surface area contributed by atoms with Crippen LogP contribution in [0.15, 0.2) is 6.07 Å². The number of carbonyl (C=O) groups is 1. The number of hydrogen-bond donors (Lipinski definition) is 1. The van der Waals surface area contributed by atoms with Crippen LogP contribution in [0.3, 0.4) is 0 Å². The van der Waals surface area contributed by atoms with Crippen LogP contribution in [0.4, 0.5) is 0 Å². The van der Waals surface area contributed by atoms with Crippen LogP contribution in [-0.4, -0.2) is 18.2 Å². The van der Waals surface area contributed by atoms with Crippen molar-refractivity contribution >= 4 is 17.6 Å². The van der Waals surface area contributed by atoms with Crippen LogP contribution in [0.5, 0.6) is 5.75 Å². The zero-order chi connectivity index (χ0) is 14.1. The van der Waals surface area contributed by atoms with Crippen molar-refractivity contribution in [3.63, 3.8) is 0 Å². The summed E-state index contributed by atoms with van der Waals surface area (Å²) >= 11 is 6.24. The largest absolute Gasteiger partial charge is 0.495 e. The average Bonchev–Trinajstić information content (AvgIpc) is 2.20. The van der Waals surface area contributed by atoms with Crippen molar-refractivity contribution in [2.45, 2.75) is 39.5 Å². The number of hydrogen-bond acceptors (Lipinski definition) is 2. The van der Waals surface area contributed by atoms with Crippen molar-refractivity contribution in [3.8, 4) is 5.75 Å². The normalized spacial score (nSPS) is 11.4. The fourth-order valence-electron chi connectivity index (χ4n) is 2.43. The Morgan fingerprint density at radius 1 is 1.39 bits per heavy atom. The molecule has 0 unspecified atom stereocenters. The molecule has 0 saturated carbocycles. The number of benzene rings is 1. The van der Waals surface area contributed by atoms with E-state index >= 15 is 0 Å². The van der Waals surface area contributed by atoms with E-state index in [2.05, 4.69) is 0 Å². The summed E-state index contributed by atoms with van der Waals surface area (Å²) in [7, 11) is 1.56. The lowest BCUT2D eigenvalue weighted by Crippen LogP contribution is -2.24. The van der Waals surface area contributed by atoms with E-state index in [-0.39, 0.29) is 6.42 Å². The lowest BCUT2D eigenvalue weighted by Gasteiger charge is -2.28. The van der Waals surface area contributed by atoms with Gasteiger partial charge in [0.25, 0.3) is 0 Å². The average molecular weight is 271 g/mol. The molecule has 0 aliphatic rings. The van der Waals surface area contributed by atoms with E-state index in [1.165, 1.54) is 0 Å². The van der Waals surface area contributed by atoms with Gasteiger partial charge in [0.1, 0.15) is 5.75 Å². The predicted octanol–water partition coefficient (Wildman–Crippen LogP) is 3.72. The molecule has 4 heteroatoms. The smallest absolute Gasteiger partial charge is 0.304 e. The molecule has 0 aliphatic heterocycles. The van der Waals surface area contributed by atoms with E-state index in [0.29, 0.717) is 10.8 Å². The van der Waals surface area contributed by atoms with Gasteiger partial charge < -0.3 is 9.84 Å². The minimum atomic E-state index is -0.835. The third-order valence-corrected chi connectivity index (χ3v) is 3.54. The first-order valence-corrected chi connectivity index (χ1v) is 6.14. The molecule has 1 aromatic rings. The number of methoxy groups -OCH3 is 1. The summed E-state index contributed by atoms with van der Waals surface area (Å²) in [5.74, 6) is -0.251. The predicted molar refractivity (Wildman–Crippen MR) is 72.8 cm³/mol. The molecule has 0 aliphatic carbocycles. The lowest BCUT2D eigenvalue weighted by atomic mass is 9.78. The minimum absolute atomic E-state index is 0.0313. The second-order valence-electron chi connectivity index (χ2n) is 5.19. The maximum atomic E-state index is 11.0. The molecule has 100 valence electrons. The van der Waals surface area contributed by atoms with Gasteiger partial charge in [-0.2, -0.15) is 0 Å². The monoisotopic (exact) mass is 270 g/mol. The van der Waals surface area contributed by atoms with Crippen molar-refractivity contribution in [2.75, 3.05) is 7.11 Å². The topological polar surface area (TPSA) is 46.5 Å². The van der Waals surface area contributed by atoms with Gasteiger partial charge in [-0.25, -0.2) is 0 Å². The molecule has 0 fully saturated rings. The molecule has 3 nitrogen and oxygen atoms in total. The molecule has 0 atom stereocenters. The quantitative estimate of drug-likeness (QED) is 0.907. The number of halogens is 1. The maximum absolute atomic E-state index is 11.0. The van der Waals surface area contributed by atoms with Crippen LogP contribution in [0.1, 0.15) is 37.0 Å². The SMILES string of the molecule is COc1c(Cl)c(C)cc(C)c1C(C)(C)CC(=O)O. The van der Waals surface area contributed by atoms with Gasteiger partial charge in [-0.1, -0.05) is 31.5 Å². The summed E-state index contributed by atoms with van der Waals surface area (Å²) in [6.07, 6.45) is 0.0313. The molecule has 1 N–H and O–H groups in total. The molecule has 0 heterocycles. The molecule has 0 spiro atoms. The molecule has 1 rings (SSSR count). The van der Waals surface area contributed by atoms with Crippen LogP contribution in [0.2, 0.25) is 5.02 Å². The summed E-state index contributed by atoms with van der Waals surface area (Å²) in [5, 5.41) is 9.57. The van der Waals surface area contributed by atoms with E-state index < -0.39 is 11.4 Å². The fourth-order valence-corrected chi connectivity index (χ4v) is 2.65. The summed E-state index contributed by atoms with van der Waals surface area (Å²) in [6.45, 7) is 7.63. The van der Waals surface area contributed by atoms with Gasteiger partial charge in [-0.3, -0.25) is 4.79 Å². The van der Waals surface area contributed by atoms with Gasteiger partial charge in [0, 0.05) is 11.0 Å². The second kappa shape index (κ2) is 5.19. The third-order valence-electron chi connectivity index (χ3n) is 3.07. The lowest BCUT2D eigenvalue weighted by molar-refractivity contribution is -0.138. The summed E-state index contributed by atoms with van der Waals surface area (Å²) in [6, 6.07) is 1.96. The molecular formula is C14H19ClO3. The summed E-state index contributed by atoms with van der Waals surface area (Å²) in [5.41, 5.74) is 2.27. The third kappa shape index (κ3) is 2.78. The van der Waals surface area contributed by atoms with E-state index in [1.54, 1.807) is 7.11 Å². The van der Waals surface area contributed by atoms with Crippen molar-refractivity contribution in [2.24, 2.45) is 0 Å². The highest BCUT2D eigenvalue weighted by atomic mass is 35.5. The fraction of sp³-hybridized carbons (Fsp3) is 0.500. The molecule has 0 saturated heterocycles. The van der Waals surface area contributed by atoms with Gasteiger partial charge in [-0.15, -0.1) is 0 Å². The van der Waals surface area contributed by atoms with Crippen molar-refractivity contribution in [3.05, 3.63) is 27.8 Å². The molecule has 1 aromatic carbocycles. The Bertz CT molecular complexity index is 478. The summed E-state index contributed by atoms with van der Waals surface area (Å²) in [4.78, 5) is 11.0. The van der Waals surface area contributed by atoms with E-state index in [0.717, 1.165) is 16.7 Å². The van der Waals surface area contributed by atoms with Crippen LogP contribution in [-0.2, 0) is 10.2 Å². The van der Waals surface area contributed by atoms with Crippen molar-refractivity contribution < 1.29 is 14.6 Å². The van der Waals surface area contributed by atoms with Gasteiger partial charge in [0.2, 0.25) is 0 Å². The van der Waals surface area contributed by atoms with E-state index in [4.69, 9.17) is 21.4 Å². The van der Waals surface area contributed by atoms with Crippen molar-refractivity contribution in [1.29, 1.82) is 0 Å². The molecular weight excluding hydrogens is 252 g/mol. The Labute approximate surface area is 113 Å². The number of ether oxygens (including phenoxy) is 1. The van der Waals surface area contributed by atoms with E-state index in [1.807, 2.05) is 33.8 Å². The molecule has 0 bridgehead atoms. The van der Waals surface area contributed by atoms with Crippen LogP contribution in [0.25, 0.3) is 0 Å². The Hall–Kier alpha value is -1.22. The first-order chi connectivity index (χ1) is 8.20. The Kier molecular flexibility index (Phi) is 4.28. The highest BCUT2D eigenvalue weighted by molar-refractivity contribution is 6.33. The second-order valence-corrected chi connectivity index (χ2v) is 5.56. The first kappa shape index (κ1) is 14.8. The number of carboxylic acid groups (broad SMARTS) is 1. The highest BCUT2D eigenvalue weighted by Gasteiger charge is 2.30. The number of aliphatic carboxylic acids is 1. The first-order valence-electron chi connectivity index (χ1n) is 5.76. The number of aryl methyl sites for hydroxylation is 2. The van der Waals surface area contributed by atoms with Crippen molar-refractivity contribution in [1.82, 2.24) is 0 Å². The zero-order valence-corrected chi connectivity index (χ0v) is 12.2. The Morgan fingerprint density at radius 2 is 1.94 bits per heavy atom. The number of carboxylic acids is 1. The Balaban J connectivity index is 3.48. The molecule has 0 amide bonds. The molecule has 0 aromatic heterocycles. The van der Waals surface area contributed by atoms with Crippen LogP contribution >= 0.6 is 11.6 Å². The maximum Gasteiger partial charge on any atom is 0.304 e.